The fourth-order valence-corrected chi connectivity index (χ4v) is 2.92. The van der Waals surface area contributed by atoms with Crippen molar-refractivity contribution in [1.82, 2.24) is 5.32 Å². The summed E-state index contributed by atoms with van der Waals surface area (Å²) in [6.45, 7) is 5.70. The van der Waals surface area contributed by atoms with Gasteiger partial charge in [0, 0.05) is 0 Å². The molecule has 0 saturated heterocycles. The number of aliphatic hydroxyl groups is 1. The normalized spacial score (nSPS) is 15.3. The molecule has 8 nitrogen and oxygen atoms in total. The molecule has 22 heavy (non-hydrogen) atoms. The van der Waals surface area contributed by atoms with Gasteiger partial charge < -0.3 is 0 Å². The number of carboxylic acid groups (broad SMARTS) is 1. The van der Waals surface area contributed by atoms with E-state index < -0.39 is 45.0 Å². The number of amides is 1. The molecule has 0 rings (SSSR count). The third-order valence-electron chi connectivity index (χ3n) is 3.03. The van der Waals surface area contributed by atoms with Gasteiger partial charge in [0.05, 0.1) is 0 Å². The molecular formula is C12H18NNaO7S. The molecule has 0 radical (unpaired) electrons. The van der Waals surface area contributed by atoms with Crippen LogP contribution in [0.5, 0.6) is 0 Å². The van der Waals surface area contributed by atoms with Crippen molar-refractivity contribution in [1.29, 1.82) is 0 Å². The van der Waals surface area contributed by atoms with E-state index in [-0.39, 0.29) is 37.2 Å². The average Bonchev–Trinajstić information content (AvgIpc) is 2.34. The van der Waals surface area contributed by atoms with Crippen LogP contribution in [-0.4, -0.2) is 74.5 Å². The van der Waals surface area contributed by atoms with E-state index in [1.54, 1.807) is 0 Å². The van der Waals surface area contributed by atoms with Crippen LogP contribution in [0.2, 0.25) is 0 Å². The van der Waals surface area contributed by atoms with Crippen LogP contribution in [0.15, 0.2) is 21.1 Å². The molecule has 1 atom stereocenters. The first-order valence-electron chi connectivity index (χ1n) is 6.40. The van der Waals surface area contributed by atoms with Gasteiger partial charge >= 0.3 is 147 Å². The monoisotopic (exact) mass is 343 g/mol. The van der Waals surface area contributed by atoms with Crippen molar-refractivity contribution >= 4 is 49.9 Å². The van der Waals surface area contributed by atoms with Gasteiger partial charge in [-0.2, -0.15) is 0 Å². The summed E-state index contributed by atoms with van der Waals surface area (Å²) in [6, 6.07) is 0. The fraction of sp³-hybridized carbons (Fsp3) is 0.500. The van der Waals surface area contributed by atoms with Gasteiger partial charge in [-0.1, -0.05) is 0 Å². The second-order valence-corrected chi connectivity index (χ2v) is 7.94. The summed E-state index contributed by atoms with van der Waals surface area (Å²) in [5.41, 5.74) is -0.437. The zero-order valence-corrected chi connectivity index (χ0v) is 15.5. The van der Waals surface area contributed by atoms with Gasteiger partial charge in [-0.3, -0.25) is 0 Å². The van der Waals surface area contributed by atoms with Crippen LogP contribution in [0.4, 0.5) is 0 Å². The van der Waals surface area contributed by atoms with E-state index in [0.29, 0.717) is 0 Å². The number of carbonyl (C=O) groups excluding carboxylic acids is 1. The Labute approximate surface area is 146 Å². The summed E-state index contributed by atoms with van der Waals surface area (Å²) < 4.78 is 33.4. The van der Waals surface area contributed by atoms with Crippen molar-refractivity contribution in [3.8, 4) is 0 Å². The molecule has 0 heterocycles. The molecule has 1 amide bonds. The van der Waals surface area contributed by atoms with Crippen LogP contribution in [0.25, 0.3) is 0 Å². The number of rotatable bonds is 8. The molecule has 0 aromatic heterocycles. The maximum atomic E-state index is 11.8. The number of carbonyl (C=O) groups is 2. The van der Waals surface area contributed by atoms with Crippen molar-refractivity contribution in [3.63, 3.8) is 0 Å². The van der Waals surface area contributed by atoms with Crippen LogP contribution in [0.1, 0.15) is 20.3 Å². The summed E-state index contributed by atoms with van der Waals surface area (Å²) in [5.74, 6) is -3.12. The Morgan fingerprint density at radius 1 is 1.41 bits per heavy atom. The Balaban J connectivity index is 6.30. The number of hydrogen-bond donors (Lipinski definition) is 4. The van der Waals surface area contributed by atoms with Crippen molar-refractivity contribution in [2.45, 2.75) is 25.1 Å². The second kappa shape index (κ2) is 8.23. The van der Waals surface area contributed by atoms with E-state index in [2.05, 4.69) is 11.9 Å². The van der Waals surface area contributed by atoms with Crippen molar-refractivity contribution < 1.29 is 32.8 Å². The minimum atomic E-state index is -4.88. The third-order valence-corrected chi connectivity index (χ3v) is 5.02. The quantitative estimate of drug-likeness (QED) is 0.262. The summed E-state index contributed by atoms with van der Waals surface area (Å²) in [6.07, 6.45) is 0.422. The molecule has 0 fully saturated rings. The first kappa shape index (κ1) is 21.3. The Morgan fingerprint density at radius 2 is 1.91 bits per heavy atom. The molecule has 0 spiro atoms. The fourth-order valence-electron chi connectivity index (χ4n) is 1.69. The van der Waals surface area contributed by atoms with Crippen LogP contribution in [0, 0.1) is 5.92 Å². The molecule has 0 aromatic carbocycles. The predicted octanol–water partition coefficient (Wildman–Crippen LogP) is -0.582. The second-order valence-electron chi connectivity index (χ2n) is 5.11. The van der Waals surface area contributed by atoms with E-state index in [4.69, 9.17) is 10.2 Å². The van der Waals surface area contributed by atoms with Gasteiger partial charge in [0.25, 0.3) is 0 Å². The number of carboxylic acids is 1. The standard InChI is InChI=1S/C12H18NO7S.Na/c1-4-10(15)13-12(8(2)3,21(18,19)20)7-9(5-6-14)11(16)17;/h7-8,14H,1,5-6H2,2-3H3,(H,13,15)(H,16,17)(H,18,19,20);. The van der Waals surface area contributed by atoms with E-state index in [1.165, 1.54) is 13.8 Å². The molecule has 120 valence electrons. The summed E-state index contributed by atoms with van der Waals surface area (Å²) in [7, 11) is -4.88. The van der Waals surface area contributed by atoms with E-state index >= 15 is 0 Å². The summed E-state index contributed by atoms with van der Waals surface area (Å²) >= 11 is 0.266. The zero-order valence-electron chi connectivity index (χ0n) is 12.7. The SMILES string of the molecule is C=[C]([Na])C(=O)NC(C=C(CCO)C(=O)O)(C(C)C)S(=O)(=O)O. The van der Waals surface area contributed by atoms with E-state index in [9.17, 15) is 22.6 Å². The van der Waals surface area contributed by atoms with E-state index in [1.807, 2.05) is 0 Å². The summed E-state index contributed by atoms with van der Waals surface area (Å²) in [4.78, 5) is 20.7. The number of nitrogens with one attached hydrogen (secondary N) is 1. The topological polar surface area (TPSA) is 141 Å². The Kier molecular flexibility index (Phi) is 7.96. The Morgan fingerprint density at radius 3 is 2.18 bits per heavy atom. The van der Waals surface area contributed by atoms with Gasteiger partial charge in [0.15, 0.2) is 0 Å². The van der Waals surface area contributed by atoms with Gasteiger partial charge in [0.2, 0.25) is 0 Å². The predicted molar refractivity (Wildman–Crippen MR) is 79.6 cm³/mol. The van der Waals surface area contributed by atoms with Crippen LogP contribution >= 0.6 is 0 Å². The van der Waals surface area contributed by atoms with Crippen molar-refractivity contribution in [2.75, 3.05) is 6.61 Å². The number of hydrogen-bond acceptors (Lipinski definition) is 5. The van der Waals surface area contributed by atoms with E-state index in [0.717, 1.165) is 6.08 Å². The van der Waals surface area contributed by atoms with Gasteiger partial charge in [-0.05, 0) is 0 Å². The molecule has 0 saturated carbocycles. The van der Waals surface area contributed by atoms with Crippen LogP contribution in [-0.2, 0) is 19.7 Å². The van der Waals surface area contributed by atoms with Gasteiger partial charge in [-0.25, -0.2) is 0 Å². The summed E-state index contributed by atoms with van der Waals surface area (Å²) in [5, 5.41) is 20.1. The molecule has 10 heteroatoms. The first-order valence-corrected chi connectivity index (χ1v) is 8.84. The van der Waals surface area contributed by atoms with Gasteiger partial charge in [-0.15, -0.1) is 0 Å². The Bertz CT molecular complexity index is 597. The molecule has 0 aliphatic carbocycles. The first-order chi connectivity index (χ1) is 9.89. The third kappa shape index (κ3) is 5.18. The van der Waals surface area contributed by atoms with Crippen LogP contribution in [0.3, 0.4) is 0 Å². The molecule has 4 N–H and O–H groups in total. The molecule has 0 aromatic rings. The molecular weight excluding hydrogens is 325 g/mol. The zero-order chi connectivity index (χ0) is 17.7. The van der Waals surface area contributed by atoms with Crippen molar-refractivity contribution in [3.05, 3.63) is 21.1 Å². The minimum absolute atomic E-state index is 0.126. The van der Waals surface area contributed by atoms with Crippen molar-refractivity contribution in [2.24, 2.45) is 5.92 Å². The maximum absolute atomic E-state index is 11.8. The molecule has 1 unspecified atom stereocenters. The average molecular weight is 343 g/mol. The van der Waals surface area contributed by atoms with Crippen LogP contribution < -0.4 is 5.32 Å². The molecule has 0 aliphatic rings. The number of aliphatic carboxylic acids is 1. The molecule has 0 bridgehead atoms. The number of aliphatic hydroxyl groups excluding tert-OH is 1. The van der Waals surface area contributed by atoms with Gasteiger partial charge in [0.1, 0.15) is 0 Å². The Hall–Kier alpha value is -0.710. The molecule has 0 aliphatic heterocycles.